The molecule has 0 bridgehead atoms. The van der Waals surface area contributed by atoms with Crippen LogP contribution in [0.25, 0.3) is 22.4 Å². The van der Waals surface area contributed by atoms with E-state index in [2.05, 4.69) is 11.1 Å². The fourth-order valence-electron chi connectivity index (χ4n) is 2.81. The molecule has 3 rings (SSSR count). The lowest BCUT2D eigenvalue weighted by Gasteiger charge is -2.14. The van der Waals surface area contributed by atoms with E-state index in [1.165, 1.54) is 24.3 Å². The molecule has 0 aliphatic carbocycles. The molecule has 5 nitrogen and oxygen atoms in total. The normalized spacial score (nSPS) is 11.1. The average Bonchev–Trinajstić information content (AvgIpc) is 2.71. The van der Waals surface area contributed by atoms with Crippen LogP contribution in [0.4, 0.5) is 4.39 Å². The number of hydrogen-bond donors (Lipinski definition) is 0. The summed E-state index contributed by atoms with van der Waals surface area (Å²) in [6.45, 7) is 2.36. The van der Waals surface area contributed by atoms with E-state index in [0.717, 1.165) is 12.7 Å². The standard InChI is InChI=1S/C22H19FN2O3S/c1-3-12-28-22-17(14-24)13-20(15-6-10-19(11-7-15)29(2,26)27)21(25-22)16-4-8-18(23)9-5-16/h4-11,13H,3,12H2,1-2H3. The SMILES string of the molecule is CCCOc1nc(-c2ccc(F)cc2)c(-c2ccc(S(C)(=O)=O)cc2)cc1C#N. The zero-order valence-corrected chi connectivity index (χ0v) is 16.8. The highest BCUT2D eigenvalue weighted by Gasteiger charge is 2.17. The van der Waals surface area contributed by atoms with Crippen molar-refractivity contribution in [2.24, 2.45) is 0 Å². The molecule has 0 N–H and O–H groups in total. The summed E-state index contributed by atoms with van der Waals surface area (Å²) < 4.78 is 42.5. The quantitative estimate of drug-likeness (QED) is 0.592. The molecule has 2 aromatic carbocycles. The monoisotopic (exact) mass is 410 g/mol. The molecule has 1 aromatic heterocycles. The maximum absolute atomic E-state index is 13.4. The third-order valence-corrected chi connectivity index (χ3v) is 5.39. The molecule has 0 radical (unpaired) electrons. The summed E-state index contributed by atoms with van der Waals surface area (Å²) in [6, 6.07) is 15.9. The van der Waals surface area contributed by atoms with E-state index in [-0.39, 0.29) is 22.2 Å². The van der Waals surface area contributed by atoms with Gasteiger partial charge < -0.3 is 4.74 Å². The van der Waals surface area contributed by atoms with Crippen LogP contribution in [0.2, 0.25) is 0 Å². The topological polar surface area (TPSA) is 80.0 Å². The number of pyridine rings is 1. The summed E-state index contributed by atoms with van der Waals surface area (Å²) in [4.78, 5) is 4.74. The molecule has 148 valence electrons. The third-order valence-electron chi connectivity index (χ3n) is 4.26. The fourth-order valence-corrected chi connectivity index (χ4v) is 3.45. The zero-order chi connectivity index (χ0) is 21.0. The predicted molar refractivity (Wildman–Crippen MR) is 109 cm³/mol. The summed E-state index contributed by atoms with van der Waals surface area (Å²) >= 11 is 0. The molecule has 3 aromatic rings. The number of rotatable bonds is 6. The van der Waals surface area contributed by atoms with E-state index in [1.807, 2.05) is 6.92 Å². The first kappa shape index (κ1) is 20.5. The van der Waals surface area contributed by atoms with Gasteiger partial charge in [0, 0.05) is 17.4 Å². The van der Waals surface area contributed by atoms with Gasteiger partial charge >= 0.3 is 0 Å². The van der Waals surface area contributed by atoms with Crippen LogP contribution in [-0.2, 0) is 9.84 Å². The summed E-state index contributed by atoms with van der Waals surface area (Å²) in [7, 11) is -3.33. The van der Waals surface area contributed by atoms with Crippen LogP contribution in [-0.4, -0.2) is 26.3 Å². The van der Waals surface area contributed by atoms with Gasteiger partial charge in [-0.25, -0.2) is 17.8 Å². The smallest absolute Gasteiger partial charge is 0.232 e. The lowest BCUT2D eigenvalue weighted by molar-refractivity contribution is 0.305. The number of nitriles is 1. The minimum atomic E-state index is -3.33. The molecule has 0 saturated carbocycles. The van der Waals surface area contributed by atoms with Gasteiger partial charge in [-0.05, 0) is 54.4 Å². The summed E-state index contributed by atoms with van der Waals surface area (Å²) in [5, 5.41) is 9.54. The number of nitrogens with zero attached hydrogens (tertiary/aromatic N) is 2. The molecule has 7 heteroatoms. The van der Waals surface area contributed by atoms with Gasteiger partial charge in [-0.15, -0.1) is 0 Å². The molecule has 0 amide bonds. The molecule has 0 atom stereocenters. The Kier molecular flexibility index (Phi) is 5.95. The lowest BCUT2D eigenvalue weighted by atomic mass is 9.98. The Hall–Kier alpha value is -3.24. The lowest BCUT2D eigenvalue weighted by Crippen LogP contribution is -2.02. The molecule has 0 aliphatic rings. The minimum absolute atomic E-state index is 0.195. The van der Waals surface area contributed by atoms with Crippen molar-refractivity contribution in [3.8, 4) is 34.3 Å². The Morgan fingerprint density at radius 2 is 1.69 bits per heavy atom. The van der Waals surface area contributed by atoms with Crippen molar-refractivity contribution in [1.29, 1.82) is 5.26 Å². The van der Waals surface area contributed by atoms with Gasteiger partial charge in [-0.3, -0.25) is 0 Å². The van der Waals surface area contributed by atoms with Crippen LogP contribution in [0.3, 0.4) is 0 Å². The van der Waals surface area contributed by atoms with E-state index < -0.39 is 9.84 Å². The van der Waals surface area contributed by atoms with Gasteiger partial charge in [-0.2, -0.15) is 5.26 Å². The second kappa shape index (κ2) is 8.41. The number of ether oxygens (including phenoxy) is 1. The first-order valence-electron chi connectivity index (χ1n) is 8.98. The Morgan fingerprint density at radius 1 is 1.07 bits per heavy atom. The highest BCUT2D eigenvalue weighted by molar-refractivity contribution is 7.90. The maximum Gasteiger partial charge on any atom is 0.232 e. The zero-order valence-electron chi connectivity index (χ0n) is 16.0. The van der Waals surface area contributed by atoms with Crippen molar-refractivity contribution in [3.63, 3.8) is 0 Å². The maximum atomic E-state index is 13.4. The molecule has 0 aliphatic heterocycles. The highest BCUT2D eigenvalue weighted by Crippen LogP contribution is 2.35. The van der Waals surface area contributed by atoms with Crippen molar-refractivity contribution in [1.82, 2.24) is 4.98 Å². The summed E-state index contributed by atoms with van der Waals surface area (Å²) in [5.74, 6) is -0.158. The van der Waals surface area contributed by atoms with Crippen LogP contribution in [0.1, 0.15) is 18.9 Å². The molecule has 0 unspecified atom stereocenters. The van der Waals surface area contributed by atoms with E-state index >= 15 is 0 Å². The van der Waals surface area contributed by atoms with Crippen LogP contribution >= 0.6 is 0 Å². The second-order valence-corrected chi connectivity index (χ2v) is 8.52. The van der Waals surface area contributed by atoms with E-state index in [1.54, 1.807) is 30.3 Å². The largest absolute Gasteiger partial charge is 0.477 e. The van der Waals surface area contributed by atoms with Gasteiger partial charge in [0.1, 0.15) is 17.4 Å². The van der Waals surface area contributed by atoms with Crippen molar-refractivity contribution >= 4 is 9.84 Å². The highest BCUT2D eigenvalue weighted by atomic mass is 32.2. The minimum Gasteiger partial charge on any atom is -0.477 e. The van der Waals surface area contributed by atoms with Crippen LogP contribution in [0.5, 0.6) is 5.88 Å². The molecular formula is C22H19FN2O3S. The van der Waals surface area contributed by atoms with Crippen molar-refractivity contribution < 1.29 is 17.5 Å². The van der Waals surface area contributed by atoms with Crippen LogP contribution in [0.15, 0.2) is 59.5 Å². The first-order chi connectivity index (χ1) is 13.8. The molecule has 0 saturated heterocycles. The predicted octanol–water partition coefficient (Wildman–Crippen LogP) is 4.62. The Bertz CT molecular complexity index is 1170. The van der Waals surface area contributed by atoms with Gasteiger partial charge in [0.15, 0.2) is 9.84 Å². The summed E-state index contributed by atoms with van der Waals surface area (Å²) in [6.07, 6.45) is 1.90. The van der Waals surface area contributed by atoms with E-state index in [0.29, 0.717) is 29.0 Å². The van der Waals surface area contributed by atoms with Crippen LogP contribution in [0, 0.1) is 17.1 Å². The average molecular weight is 410 g/mol. The molecule has 0 fully saturated rings. The number of benzene rings is 2. The first-order valence-corrected chi connectivity index (χ1v) is 10.9. The summed E-state index contributed by atoms with van der Waals surface area (Å²) in [5.41, 5.74) is 2.74. The number of aromatic nitrogens is 1. The number of hydrogen-bond acceptors (Lipinski definition) is 5. The number of halogens is 1. The van der Waals surface area contributed by atoms with Gasteiger partial charge in [0.2, 0.25) is 5.88 Å². The number of sulfone groups is 1. The van der Waals surface area contributed by atoms with E-state index in [9.17, 15) is 18.1 Å². The van der Waals surface area contributed by atoms with Crippen molar-refractivity contribution in [3.05, 3.63) is 66.0 Å². The molecule has 1 heterocycles. The second-order valence-electron chi connectivity index (χ2n) is 6.50. The van der Waals surface area contributed by atoms with Gasteiger partial charge in [0.25, 0.3) is 0 Å². The van der Waals surface area contributed by atoms with Gasteiger partial charge in [-0.1, -0.05) is 19.1 Å². The Balaban J connectivity index is 2.21. The van der Waals surface area contributed by atoms with Crippen molar-refractivity contribution in [2.75, 3.05) is 12.9 Å². The van der Waals surface area contributed by atoms with E-state index in [4.69, 9.17) is 4.74 Å². The molecular weight excluding hydrogens is 391 g/mol. The third kappa shape index (κ3) is 4.61. The fraction of sp³-hybridized carbons (Fsp3) is 0.182. The van der Waals surface area contributed by atoms with Gasteiger partial charge in [0.05, 0.1) is 17.2 Å². The Labute approximate surface area is 169 Å². The molecule has 29 heavy (non-hydrogen) atoms. The van der Waals surface area contributed by atoms with Crippen LogP contribution < -0.4 is 4.74 Å². The van der Waals surface area contributed by atoms with Crippen molar-refractivity contribution in [2.45, 2.75) is 18.2 Å². The molecule has 0 spiro atoms. The Morgan fingerprint density at radius 3 is 2.24 bits per heavy atom.